The van der Waals surface area contributed by atoms with E-state index in [0.29, 0.717) is 175 Å². The molecule has 22 rings (SSSR count). The highest BCUT2D eigenvalue weighted by Crippen LogP contribution is 2.47. The number of nitrogens with zero attached hydrogens (tertiary/aromatic N) is 19. The van der Waals surface area contributed by atoms with Gasteiger partial charge in [0.2, 0.25) is 71.1 Å². The number of benzene rings is 2. The third-order valence-corrected chi connectivity index (χ3v) is 28.7. The van der Waals surface area contributed by atoms with Gasteiger partial charge in [-0.3, -0.25) is 88.1 Å². The maximum absolute atomic E-state index is 13.6. The van der Waals surface area contributed by atoms with Gasteiger partial charge in [-0.1, -0.05) is 23.7 Å². The number of halogens is 5. The average Bonchev–Trinajstić information content (AvgIpc) is 1.63. The van der Waals surface area contributed by atoms with Crippen molar-refractivity contribution in [2.24, 2.45) is 11.8 Å². The molecule has 6 amide bonds. The van der Waals surface area contributed by atoms with E-state index in [-0.39, 0.29) is 84.2 Å². The zero-order chi connectivity index (χ0) is 104. The van der Waals surface area contributed by atoms with E-state index in [0.717, 1.165) is 156 Å². The van der Waals surface area contributed by atoms with Crippen molar-refractivity contribution in [3.8, 4) is 6.07 Å². The van der Waals surface area contributed by atoms with Crippen LogP contribution in [0.25, 0.3) is 67.0 Å². The second-order valence-corrected chi connectivity index (χ2v) is 41.8. The van der Waals surface area contributed by atoms with Crippen molar-refractivity contribution in [2.45, 2.75) is 302 Å². The Hall–Kier alpha value is -13.6. The third-order valence-electron chi connectivity index (χ3n) is 28.5. The summed E-state index contributed by atoms with van der Waals surface area (Å²) >= 11 is 5.97. The van der Waals surface area contributed by atoms with Gasteiger partial charge in [0.1, 0.15) is 73.0 Å². The fraction of sp³-hybridized carbons (Fsp3) is 0.491. The molecule has 14 aromatic rings. The predicted octanol–water partition coefficient (Wildman–Crippen LogP) is 21.2. The second kappa shape index (κ2) is 45.8. The Kier molecular flexibility index (Phi) is 32.6. The molecule has 12 heterocycles. The normalized spacial score (nSPS) is 18.7. The van der Waals surface area contributed by atoms with Gasteiger partial charge in [-0.15, -0.1) is 0 Å². The first-order chi connectivity index (χ1) is 70.5. The molecule has 0 spiro atoms. The molecular formula is C108H128ClF4N25O9. The van der Waals surface area contributed by atoms with Crippen LogP contribution in [-0.4, -0.2) is 173 Å². The Bertz CT molecular complexity index is 7180. The molecule has 39 heteroatoms. The van der Waals surface area contributed by atoms with Crippen molar-refractivity contribution in [1.29, 1.82) is 5.26 Å². The van der Waals surface area contributed by atoms with E-state index >= 15 is 0 Å². The SMILES string of the molecule is CC1(F)CC(CC(=O)Nc2nc3ccc(C#N)nc3n2C2CCC2)C1.COC(C)(C)CC(=O)Nc1nc2ccc(C)nc2n1C1CCC1.COCCn1c(NC(=O)Cc2cc(C)cc(F)c2)nc2ccc(Cl)nc21.Cc1cc(F)cc(CC(=O)Nc2nc3cccnc3n2C2CCC2)c1.Cc1ccc2nc(NC(=O)CC3CC(C)(F)C3)n(C3CCC3)c2n1.Cc1ccc2nc(NC(=O)CCOC3CCC3)n(C3CCC3)c2n1. The highest BCUT2D eigenvalue weighted by Gasteiger charge is 2.44. The summed E-state index contributed by atoms with van der Waals surface area (Å²) in [6.45, 7) is 17.8. The van der Waals surface area contributed by atoms with Crippen molar-refractivity contribution in [3.63, 3.8) is 0 Å². The zero-order valence-electron chi connectivity index (χ0n) is 85.1. The molecule has 6 N–H and O–H groups in total. The number of nitrogens with one attached hydrogen (secondary N) is 6. The number of rotatable bonds is 29. The molecule has 2 aromatic carbocycles. The van der Waals surface area contributed by atoms with Crippen molar-refractivity contribution >= 4 is 150 Å². The summed E-state index contributed by atoms with van der Waals surface area (Å²) < 4.78 is 82.3. The Labute approximate surface area is 854 Å². The van der Waals surface area contributed by atoms with Crippen molar-refractivity contribution < 1.29 is 60.5 Å². The van der Waals surface area contributed by atoms with Gasteiger partial charge in [0.15, 0.2) is 33.9 Å². The van der Waals surface area contributed by atoms with Crippen LogP contribution < -0.4 is 31.9 Å². The molecule has 147 heavy (non-hydrogen) atoms. The lowest BCUT2D eigenvalue weighted by atomic mass is 9.72. The maximum Gasteiger partial charge on any atom is 0.231 e. The zero-order valence-corrected chi connectivity index (χ0v) is 85.8. The number of carbonyl (C=O) groups is 6. The number of anilines is 6. The minimum atomic E-state index is -1.12. The van der Waals surface area contributed by atoms with E-state index < -0.39 is 16.9 Å². The smallest absolute Gasteiger partial charge is 0.231 e. The van der Waals surface area contributed by atoms with Crippen LogP contribution in [0.5, 0.6) is 0 Å². The first-order valence-electron chi connectivity index (χ1n) is 51.1. The molecule has 0 unspecified atom stereocenters. The van der Waals surface area contributed by atoms with E-state index in [1.165, 1.54) is 56.4 Å². The quantitative estimate of drug-likeness (QED) is 0.0187. The molecule has 0 bridgehead atoms. The number of alkyl halides is 2. The standard InChI is InChI=1S/C19H19FN4O.C18H18ClFN4O2.C18H20FN5O.C18H23FN4O.C18H24N4O2.C17H24N4O2/c1-12-8-13(10-14(20)9-12)11-17(25)23-19-22-16-6-3-7-21-18(16)24(19)15-4-2-5-15;1-11-7-12(9-13(20)8-11)10-16(25)23-18-21-14-3-4-15(19)22-17(14)24(18)5-6-26-2;1-18(19)8-11(9-18)7-15(25)23-17-22-14-6-5-12(10-20)21-16(14)24(17)13-3-2-4-13;1-11-6-7-14-16(20-11)23(13-4-3-5-13)17(21-14)22-15(24)8-12-9-18(2,19)10-12;1-12-8-9-15-17(19-12)22(13-4-2-5-13)18(20-15)21-16(23)10-11-24-14-6-3-7-14;1-11-8-9-13-15(18-11)21(12-6-5-7-12)16(19-13)20-14(22)10-17(2,3)23-4/h3,6-10,15H,2,4-5,11H2,1H3,(H,22,23,25);3-4,7-9H,5-6,10H2,1-2H3,(H,21,23,25);5-6,11,13H,2-4,7-9H2,1H3,(H,22,23,25);6-7,12-13H,3-5,8-10H2,1-2H3,(H,21,22,24);8-9,13-14H,2-7,10-11H2,1H3,(H,20,21,23);8-9,12H,5-7,10H2,1-4H3,(H,19,20,22). The molecule has 8 fully saturated rings. The molecule has 8 aliphatic carbocycles. The van der Waals surface area contributed by atoms with Gasteiger partial charge in [-0.05, 0) is 335 Å². The van der Waals surface area contributed by atoms with Crippen LogP contribution in [0.2, 0.25) is 5.15 Å². The Morgan fingerprint density at radius 2 is 0.803 bits per heavy atom. The van der Waals surface area contributed by atoms with E-state index in [2.05, 4.69) is 105 Å². The van der Waals surface area contributed by atoms with Crippen LogP contribution >= 0.6 is 11.6 Å². The summed E-state index contributed by atoms with van der Waals surface area (Å²) in [6.07, 6.45) is 25.6. The largest absolute Gasteiger partial charge is 0.383 e. The van der Waals surface area contributed by atoms with E-state index in [9.17, 15) is 46.3 Å². The lowest BCUT2D eigenvalue weighted by Crippen LogP contribution is -2.38. The van der Waals surface area contributed by atoms with Gasteiger partial charge in [-0.25, -0.2) is 77.4 Å². The first-order valence-corrected chi connectivity index (χ1v) is 51.5. The molecular weight excluding hydrogens is 1900 g/mol. The number of pyridine rings is 6. The van der Waals surface area contributed by atoms with Gasteiger partial charge in [-0.2, -0.15) is 5.26 Å². The summed E-state index contributed by atoms with van der Waals surface area (Å²) in [4.78, 5) is 128. The van der Waals surface area contributed by atoms with Crippen LogP contribution in [-0.2, 0) is 62.4 Å². The number of ether oxygens (including phenoxy) is 3. The summed E-state index contributed by atoms with van der Waals surface area (Å²) in [5.41, 5.74) is 12.4. The third kappa shape index (κ3) is 26.0. The number of imidazole rings is 6. The van der Waals surface area contributed by atoms with Crippen molar-refractivity contribution in [3.05, 3.63) is 177 Å². The van der Waals surface area contributed by atoms with Gasteiger partial charge >= 0.3 is 0 Å². The van der Waals surface area contributed by atoms with Gasteiger partial charge in [0.25, 0.3) is 0 Å². The predicted molar refractivity (Wildman–Crippen MR) is 555 cm³/mol. The number of carbonyl (C=O) groups excluding carboxylic acids is 6. The number of aromatic nitrogens is 18. The minimum Gasteiger partial charge on any atom is -0.383 e. The number of hydrogen-bond acceptors (Lipinski definition) is 22. The van der Waals surface area contributed by atoms with Gasteiger partial charge in [0.05, 0.1) is 57.1 Å². The number of aryl methyl sites for hydroxylation is 5. The summed E-state index contributed by atoms with van der Waals surface area (Å²) in [5, 5.41) is 26.8. The lowest BCUT2D eigenvalue weighted by molar-refractivity contribution is -0.121. The molecule has 0 radical (unpaired) electrons. The molecule has 34 nitrogen and oxygen atoms in total. The maximum atomic E-state index is 13.6. The molecule has 8 saturated carbocycles. The molecule has 0 saturated heterocycles. The Morgan fingerprint density at radius 3 is 1.19 bits per heavy atom. The second-order valence-electron chi connectivity index (χ2n) is 41.4. The van der Waals surface area contributed by atoms with Crippen LogP contribution in [0.1, 0.15) is 270 Å². The first kappa shape index (κ1) is 105. The van der Waals surface area contributed by atoms with Crippen LogP contribution in [0.4, 0.5) is 53.3 Å². The van der Waals surface area contributed by atoms with Gasteiger partial charge in [0, 0.05) is 80.5 Å². The average molecular weight is 2030 g/mol. The van der Waals surface area contributed by atoms with Gasteiger partial charge < -0.3 is 14.2 Å². The minimum absolute atomic E-state index is 0.0399. The fourth-order valence-corrected chi connectivity index (χ4v) is 19.8. The Morgan fingerprint density at radius 1 is 0.435 bits per heavy atom. The topological polar surface area (TPSA) is 410 Å². The Balaban J connectivity index is 0.000000121. The number of amides is 6. The van der Waals surface area contributed by atoms with E-state index in [4.69, 9.17) is 31.1 Å². The summed E-state index contributed by atoms with van der Waals surface area (Å²) in [5.74, 6) is 1.86. The number of hydrogen-bond donors (Lipinski definition) is 6. The van der Waals surface area contributed by atoms with E-state index in [1.807, 2.05) is 111 Å². The lowest BCUT2D eigenvalue weighted by Gasteiger charge is -2.38. The number of nitriles is 1. The molecule has 12 aromatic heterocycles. The molecule has 8 aliphatic rings. The fourth-order valence-electron chi connectivity index (χ4n) is 19.7. The summed E-state index contributed by atoms with van der Waals surface area (Å²) in [7, 11) is 3.20. The summed E-state index contributed by atoms with van der Waals surface area (Å²) in [6, 6.07) is 35.1. The van der Waals surface area contributed by atoms with Crippen LogP contribution in [0.15, 0.2) is 115 Å². The van der Waals surface area contributed by atoms with Crippen molar-refractivity contribution in [2.75, 3.05) is 59.3 Å². The molecule has 0 aliphatic heterocycles. The van der Waals surface area contributed by atoms with Crippen LogP contribution in [0, 0.1) is 69.4 Å². The highest BCUT2D eigenvalue weighted by molar-refractivity contribution is 6.29. The van der Waals surface area contributed by atoms with Crippen LogP contribution in [0.3, 0.4) is 0 Å². The molecule has 0 atom stereocenters. The number of fused-ring (bicyclic) bond motifs is 6. The monoisotopic (exact) mass is 2030 g/mol. The van der Waals surface area contributed by atoms with E-state index in [1.54, 1.807) is 76.1 Å². The van der Waals surface area contributed by atoms with Crippen molar-refractivity contribution in [1.82, 2.24) is 87.2 Å². The highest BCUT2D eigenvalue weighted by atomic mass is 35.5. The molecule has 774 valence electrons. The number of methoxy groups -OCH3 is 2.